The minimum Gasteiger partial charge on any atom is -0.392 e. The summed E-state index contributed by atoms with van der Waals surface area (Å²) in [6.45, 7) is 9.97. The molecule has 0 spiro atoms. The van der Waals surface area contributed by atoms with Crippen molar-refractivity contribution in [2.45, 2.75) is 65.5 Å². The molecule has 3 heteroatoms. The number of thiocarbonyl (C=S) groups is 1. The Labute approximate surface area is 100 Å². The Morgan fingerprint density at radius 1 is 1.27 bits per heavy atom. The molecule has 2 atom stereocenters. The fourth-order valence-electron chi connectivity index (χ4n) is 1.86. The second-order valence-electron chi connectivity index (χ2n) is 4.18. The number of rotatable bonds is 8. The Kier molecular flexibility index (Phi) is 7.97. The molecule has 2 nitrogen and oxygen atoms in total. The van der Waals surface area contributed by atoms with Crippen molar-refractivity contribution in [1.29, 1.82) is 0 Å². The number of hydrogen-bond donors (Lipinski definition) is 1. The Bertz CT molecular complexity index is 182. The van der Waals surface area contributed by atoms with Crippen molar-refractivity contribution >= 4 is 17.2 Å². The minimum absolute atomic E-state index is 0.279. The molecule has 2 unspecified atom stereocenters. The van der Waals surface area contributed by atoms with Gasteiger partial charge >= 0.3 is 0 Å². The van der Waals surface area contributed by atoms with E-state index in [4.69, 9.17) is 18.0 Å². The predicted molar refractivity (Wildman–Crippen MR) is 72.2 cm³/mol. The van der Waals surface area contributed by atoms with Gasteiger partial charge in [-0.2, -0.15) is 0 Å². The Morgan fingerprint density at radius 3 is 2.20 bits per heavy atom. The number of nitrogens with two attached hydrogens (primary N) is 1. The van der Waals surface area contributed by atoms with Crippen molar-refractivity contribution in [3.8, 4) is 0 Å². The third-order valence-electron chi connectivity index (χ3n) is 3.04. The molecule has 15 heavy (non-hydrogen) atoms. The van der Waals surface area contributed by atoms with Crippen LogP contribution >= 0.6 is 12.2 Å². The summed E-state index contributed by atoms with van der Waals surface area (Å²) in [7, 11) is 0. The quantitative estimate of drug-likeness (QED) is 0.650. The van der Waals surface area contributed by atoms with Crippen LogP contribution in [0.2, 0.25) is 0 Å². The van der Waals surface area contributed by atoms with Crippen LogP contribution in [0.4, 0.5) is 0 Å². The van der Waals surface area contributed by atoms with Crippen molar-refractivity contribution in [2.75, 3.05) is 6.54 Å². The van der Waals surface area contributed by atoms with E-state index in [2.05, 4.69) is 32.6 Å². The normalized spacial score (nSPS) is 15.3. The summed E-state index contributed by atoms with van der Waals surface area (Å²) in [5.74, 6) is 0. The highest BCUT2D eigenvalue weighted by Gasteiger charge is 2.22. The fraction of sp³-hybridized carbons (Fsp3) is 0.917. The van der Waals surface area contributed by atoms with Crippen LogP contribution in [0.5, 0.6) is 0 Å². The van der Waals surface area contributed by atoms with E-state index in [1.165, 1.54) is 12.8 Å². The first-order valence-corrected chi connectivity index (χ1v) is 6.54. The van der Waals surface area contributed by atoms with Crippen LogP contribution in [0.1, 0.15) is 53.4 Å². The summed E-state index contributed by atoms with van der Waals surface area (Å²) in [6.07, 6.45) is 4.62. The molecule has 0 aliphatic heterocycles. The number of nitrogens with zero attached hydrogens (tertiary/aromatic N) is 1. The highest BCUT2D eigenvalue weighted by atomic mass is 32.1. The van der Waals surface area contributed by atoms with Crippen molar-refractivity contribution in [2.24, 2.45) is 5.73 Å². The SMILES string of the molecule is CCCCN(C(C)CC)C(CC)C(N)=S. The summed E-state index contributed by atoms with van der Waals surface area (Å²) < 4.78 is 0. The molecule has 0 aromatic rings. The van der Waals surface area contributed by atoms with Crippen molar-refractivity contribution < 1.29 is 0 Å². The van der Waals surface area contributed by atoms with Gasteiger partial charge < -0.3 is 5.73 Å². The molecule has 0 aliphatic rings. The van der Waals surface area contributed by atoms with Crippen LogP contribution in [-0.2, 0) is 0 Å². The lowest BCUT2D eigenvalue weighted by atomic mass is 10.1. The fourth-order valence-corrected chi connectivity index (χ4v) is 2.16. The van der Waals surface area contributed by atoms with Crippen molar-refractivity contribution in [1.82, 2.24) is 4.90 Å². The molecule has 0 aromatic heterocycles. The van der Waals surface area contributed by atoms with Gasteiger partial charge in [0, 0.05) is 6.04 Å². The molecule has 0 aromatic carbocycles. The lowest BCUT2D eigenvalue weighted by Crippen LogP contribution is -2.48. The molecule has 0 fully saturated rings. The lowest BCUT2D eigenvalue weighted by molar-refractivity contribution is 0.171. The Balaban J connectivity index is 4.49. The van der Waals surface area contributed by atoms with Gasteiger partial charge in [0.2, 0.25) is 0 Å². The van der Waals surface area contributed by atoms with E-state index in [0.717, 1.165) is 19.4 Å². The molecule has 0 amide bonds. The van der Waals surface area contributed by atoms with Crippen LogP contribution < -0.4 is 5.73 Å². The summed E-state index contributed by atoms with van der Waals surface area (Å²) in [6, 6.07) is 0.851. The smallest absolute Gasteiger partial charge is 0.0902 e. The van der Waals surface area contributed by atoms with Crippen LogP contribution in [0.3, 0.4) is 0 Å². The minimum atomic E-state index is 0.279. The highest BCUT2D eigenvalue weighted by Crippen LogP contribution is 2.13. The van der Waals surface area contributed by atoms with Crippen molar-refractivity contribution in [3.05, 3.63) is 0 Å². The van der Waals surface area contributed by atoms with Gasteiger partial charge in [0.15, 0.2) is 0 Å². The van der Waals surface area contributed by atoms with Gasteiger partial charge in [-0.25, -0.2) is 0 Å². The molecule has 0 aliphatic carbocycles. The third-order valence-corrected chi connectivity index (χ3v) is 3.31. The maximum atomic E-state index is 5.80. The van der Waals surface area contributed by atoms with E-state index >= 15 is 0 Å². The Hall–Kier alpha value is -0.150. The zero-order chi connectivity index (χ0) is 11.8. The average molecular weight is 230 g/mol. The van der Waals surface area contributed by atoms with Gasteiger partial charge in [-0.05, 0) is 32.7 Å². The van der Waals surface area contributed by atoms with E-state index in [9.17, 15) is 0 Å². The molecular weight excluding hydrogens is 204 g/mol. The molecule has 2 N–H and O–H groups in total. The van der Waals surface area contributed by atoms with Gasteiger partial charge in [-0.3, -0.25) is 4.90 Å². The third kappa shape index (κ3) is 4.94. The number of hydrogen-bond acceptors (Lipinski definition) is 2. The number of unbranched alkanes of at least 4 members (excludes halogenated alkanes) is 1. The predicted octanol–water partition coefficient (Wildman–Crippen LogP) is 2.95. The summed E-state index contributed by atoms with van der Waals surface area (Å²) in [5, 5.41) is 0. The monoisotopic (exact) mass is 230 g/mol. The molecule has 0 radical (unpaired) electrons. The van der Waals surface area contributed by atoms with E-state index in [-0.39, 0.29) is 6.04 Å². The largest absolute Gasteiger partial charge is 0.392 e. The first-order valence-electron chi connectivity index (χ1n) is 6.13. The van der Waals surface area contributed by atoms with E-state index in [0.29, 0.717) is 11.0 Å². The first kappa shape index (κ1) is 14.8. The molecule has 0 heterocycles. The second kappa shape index (κ2) is 8.05. The van der Waals surface area contributed by atoms with Crippen LogP contribution in [0.25, 0.3) is 0 Å². The maximum absolute atomic E-state index is 5.80. The highest BCUT2D eigenvalue weighted by molar-refractivity contribution is 7.80. The van der Waals surface area contributed by atoms with E-state index < -0.39 is 0 Å². The van der Waals surface area contributed by atoms with Gasteiger partial charge in [0.05, 0.1) is 11.0 Å². The molecule has 0 saturated heterocycles. The second-order valence-corrected chi connectivity index (χ2v) is 4.65. The van der Waals surface area contributed by atoms with E-state index in [1.807, 2.05) is 0 Å². The first-order chi connectivity index (χ1) is 7.08. The van der Waals surface area contributed by atoms with Crippen molar-refractivity contribution in [3.63, 3.8) is 0 Å². The zero-order valence-electron chi connectivity index (χ0n) is 10.6. The Morgan fingerprint density at radius 2 is 1.87 bits per heavy atom. The van der Waals surface area contributed by atoms with E-state index in [1.54, 1.807) is 0 Å². The molecule has 0 saturated carbocycles. The average Bonchev–Trinajstić information content (AvgIpc) is 2.22. The molecular formula is C12H26N2S. The summed E-state index contributed by atoms with van der Waals surface area (Å²) in [4.78, 5) is 3.11. The van der Waals surface area contributed by atoms with Gasteiger partial charge in [0.25, 0.3) is 0 Å². The van der Waals surface area contributed by atoms with Gasteiger partial charge in [-0.15, -0.1) is 0 Å². The standard InChI is InChI=1S/C12H26N2S/c1-5-8-9-14(10(4)6-2)11(7-3)12(13)15/h10-11H,5-9H2,1-4H3,(H2,13,15). The summed E-state index contributed by atoms with van der Waals surface area (Å²) >= 11 is 5.15. The van der Waals surface area contributed by atoms with Crippen LogP contribution in [0, 0.1) is 0 Å². The zero-order valence-corrected chi connectivity index (χ0v) is 11.4. The molecule has 0 rings (SSSR count). The summed E-state index contributed by atoms with van der Waals surface area (Å²) in [5.41, 5.74) is 5.80. The van der Waals surface area contributed by atoms with Gasteiger partial charge in [-0.1, -0.05) is 39.4 Å². The topological polar surface area (TPSA) is 29.3 Å². The molecule has 0 bridgehead atoms. The lowest BCUT2D eigenvalue weighted by Gasteiger charge is -2.35. The van der Waals surface area contributed by atoms with Crippen LogP contribution in [-0.4, -0.2) is 28.5 Å². The van der Waals surface area contributed by atoms with Crippen LogP contribution in [0.15, 0.2) is 0 Å². The van der Waals surface area contributed by atoms with Gasteiger partial charge in [0.1, 0.15) is 0 Å². The molecule has 90 valence electrons. The maximum Gasteiger partial charge on any atom is 0.0902 e.